The first-order valence-corrected chi connectivity index (χ1v) is 7.09. The Labute approximate surface area is 143 Å². The van der Waals surface area contributed by atoms with Gasteiger partial charge in [0.15, 0.2) is 0 Å². The molecule has 10 nitrogen and oxygen atoms in total. The minimum atomic E-state index is -1.05. The normalized spacial score (nSPS) is 15.9. The SMILES string of the molecule is N#CC1=C(N)Oc2[nH]c(=O)[nH]c(=O)c2[C@H]1c1ccc([N+](=O)[O-])cc1Cl. The first-order chi connectivity index (χ1) is 11.8. The van der Waals surface area contributed by atoms with Gasteiger partial charge < -0.3 is 10.5 Å². The molecule has 11 heteroatoms. The largest absolute Gasteiger partial charge is 0.424 e. The molecule has 1 aromatic heterocycles. The van der Waals surface area contributed by atoms with Crippen molar-refractivity contribution in [3.8, 4) is 11.9 Å². The molecule has 0 fully saturated rings. The molecule has 0 radical (unpaired) electrons. The number of non-ortho nitro benzene ring substituents is 1. The van der Waals surface area contributed by atoms with Crippen LogP contribution in [0.4, 0.5) is 5.69 Å². The maximum absolute atomic E-state index is 12.2. The van der Waals surface area contributed by atoms with Crippen LogP contribution in [0.15, 0.2) is 39.2 Å². The summed E-state index contributed by atoms with van der Waals surface area (Å²) in [6, 6.07) is 5.43. The number of nitrogens with two attached hydrogens (primary N) is 1. The topological polar surface area (TPSA) is 168 Å². The number of hydrogen-bond acceptors (Lipinski definition) is 7. The van der Waals surface area contributed by atoms with Crippen molar-refractivity contribution in [1.82, 2.24) is 9.97 Å². The number of nitriles is 1. The minimum Gasteiger partial charge on any atom is -0.424 e. The molecular weight excluding hydrogens is 354 g/mol. The summed E-state index contributed by atoms with van der Waals surface area (Å²) in [5.74, 6) is -1.58. The number of ether oxygens (including phenoxy) is 1. The van der Waals surface area contributed by atoms with Crippen LogP contribution >= 0.6 is 11.6 Å². The van der Waals surface area contributed by atoms with E-state index < -0.39 is 22.1 Å². The van der Waals surface area contributed by atoms with Gasteiger partial charge in [-0.25, -0.2) is 4.79 Å². The summed E-state index contributed by atoms with van der Waals surface area (Å²) in [6.07, 6.45) is 0. The quantitative estimate of drug-likeness (QED) is 0.525. The number of nitrogens with zero attached hydrogens (tertiary/aromatic N) is 2. The highest BCUT2D eigenvalue weighted by atomic mass is 35.5. The number of nitro groups is 1. The van der Waals surface area contributed by atoms with Crippen LogP contribution in [0.1, 0.15) is 17.0 Å². The zero-order valence-corrected chi connectivity index (χ0v) is 13.0. The molecule has 1 atom stereocenters. The first kappa shape index (κ1) is 16.3. The summed E-state index contributed by atoms with van der Waals surface area (Å²) >= 11 is 6.12. The highest BCUT2D eigenvalue weighted by Crippen LogP contribution is 2.41. The zero-order valence-electron chi connectivity index (χ0n) is 12.2. The van der Waals surface area contributed by atoms with Gasteiger partial charge in [-0.05, 0) is 11.6 Å². The van der Waals surface area contributed by atoms with Crippen LogP contribution in [0.2, 0.25) is 5.02 Å². The van der Waals surface area contributed by atoms with Gasteiger partial charge in [-0.1, -0.05) is 11.6 Å². The zero-order chi connectivity index (χ0) is 18.3. The fraction of sp³-hybridized carbons (Fsp3) is 0.0714. The van der Waals surface area contributed by atoms with Crippen molar-refractivity contribution in [1.29, 1.82) is 5.26 Å². The molecule has 1 aromatic carbocycles. The number of benzene rings is 1. The number of aromatic amines is 2. The number of H-pyrrole nitrogens is 2. The summed E-state index contributed by atoms with van der Waals surface area (Å²) in [5, 5.41) is 20.2. The van der Waals surface area contributed by atoms with Crippen LogP contribution in [0.25, 0.3) is 0 Å². The molecule has 0 saturated heterocycles. The van der Waals surface area contributed by atoms with E-state index in [-0.39, 0.29) is 39.2 Å². The van der Waals surface area contributed by atoms with Crippen LogP contribution in [0.5, 0.6) is 5.88 Å². The van der Waals surface area contributed by atoms with Crippen LogP contribution in [-0.2, 0) is 0 Å². The van der Waals surface area contributed by atoms with E-state index in [1.807, 2.05) is 11.1 Å². The van der Waals surface area contributed by atoms with Crippen molar-refractivity contribution in [3.63, 3.8) is 0 Å². The number of aromatic nitrogens is 2. The Hall–Kier alpha value is -3.58. The van der Waals surface area contributed by atoms with Crippen molar-refractivity contribution in [2.75, 3.05) is 0 Å². The van der Waals surface area contributed by atoms with Crippen molar-refractivity contribution >= 4 is 17.3 Å². The maximum atomic E-state index is 12.2. The third kappa shape index (κ3) is 2.62. The van der Waals surface area contributed by atoms with Gasteiger partial charge >= 0.3 is 5.69 Å². The van der Waals surface area contributed by atoms with Gasteiger partial charge in [-0.2, -0.15) is 5.26 Å². The molecule has 25 heavy (non-hydrogen) atoms. The van der Waals surface area contributed by atoms with Crippen LogP contribution in [0, 0.1) is 21.4 Å². The van der Waals surface area contributed by atoms with Crippen LogP contribution < -0.4 is 21.7 Å². The van der Waals surface area contributed by atoms with E-state index in [0.717, 1.165) is 6.07 Å². The summed E-state index contributed by atoms with van der Waals surface area (Å²) in [6.45, 7) is 0. The second-order valence-electron chi connectivity index (χ2n) is 5.04. The fourth-order valence-electron chi connectivity index (χ4n) is 2.56. The van der Waals surface area contributed by atoms with Gasteiger partial charge in [-0.15, -0.1) is 0 Å². The molecule has 1 aliphatic rings. The summed E-state index contributed by atoms with van der Waals surface area (Å²) < 4.78 is 5.16. The number of nitrogens with one attached hydrogen (secondary N) is 2. The van der Waals surface area contributed by atoms with Crippen molar-refractivity contribution in [3.05, 3.63) is 76.8 Å². The second kappa shape index (κ2) is 5.81. The standard InChI is InChI=1S/C14H8ClN5O5/c15-8-3-5(20(23)24)1-2-6(8)9-7(4-16)11(17)25-13-10(9)12(21)18-14(22)19-13/h1-3,9H,17H2,(H2,18,19,21,22)/t9-/m0/s1. The van der Waals surface area contributed by atoms with E-state index in [1.54, 1.807) is 0 Å². The molecule has 0 saturated carbocycles. The van der Waals surface area contributed by atoms with E-state index in [9.17, 15) is 25.0 Å². The number of fused-ring (bicyclic) bond motifs is 1. The first-order valence-electron chi connectivity index (χ1n) is 6.71. The fourth-order valence-corrected chi connectivity index (χ4v) is 2.85. The lowest BCUT2D eigenvalue weighted by molar-refractivity contribution is -0.384. The smallest absolute Gasteiger partial charge is 0.328 e. The third-order valence-corrected chi connectivity index (χ3v) is 3.95. The maximum Gasteiger partial charge on any atom is 0.328 e. The molecular formula is C14H8ClN5O5. The number of rotatable bonds is 2. The van der Waals surface area contributed by atoms with Crippen molar-refractivity contribution < 1.29 is 9.66 Å². The van der Waals surface area contributed by atoms with Gasteiger partial charge in [0.1, 0.15) is 11.6 Å². The Kier molecular flexibility index (Phi) is 3.78. The highest BCUT2D eigenvalue weighted by Gasteiger charge is 2.35. The van der Waals surface area contributed by atoms with Crippen molar-refractivity contribution in [2.24, 2.45) is 5.73 Å². The molecule has 0 bridgehead atoms. The van der Waals surface area contributed by atoms with Gasteiger partial charge in [0, 0.05) is 12.1 Å². The lowest BCUT2D eigenvalue weighted by Gasteiger charge is -2.25. The van der Waals surface area contributed by atoms with E-state index in [0.29, 0.717) is 0 Å². The van der Waals surface area contributed by atoms with E-state index >= 15 is 0 Å². The van der Waals surface area contributed by atoms with E-state index in [4.69, 9.17) is 22.1 Å². The Bertz CT molecular complexity index is 1090. The molecule has 4 N–H and O–H groups in total. The average Bonchev–Trinajstić information content (AvgIpc) is 2.53. The molecule has 0 spiro atoms. The number of halogens is 1. The van der Waals surface area contributed by atoms with E-state index in [2.05, 4.69) is 4.98 Å². The number of allylic oxidation sites excluding steroid dienone is 1. The van der Waals surface area contributed by atoms with Crippen LogP contribution in [-0.4, -0.2) is 14.9 Å². The van der Waals surface area contributed by atoms with Crippen LogP contribution in [0.3, 0.4) is 0 Å². The summed E-state index contributed by atoms with van der Waals surface area (Å²) in [5.41, 5.74) is 3.88. The molecule has 2 aromatic rings. The number of nitro benzene ring substituents is 1. The Morgan fingerprint density at radius 1 is 1.36 bits per heavy atom. The Morgan fingerprint density at radius 3 is 2.68 bits per heavy atom. The van der Waals surface area contributed by atoms with Gasteiger partial charge in [0.25, 0.3) is 11.2 Å². The molecule has 1 aliphatic heterocycles. The van der Waals surface area contributed by atoms with Gasteiger partial charge in [-0.3, -0.25) is 24.9 Å². The third-order valence-electron chi connectivity index (χ3n) is 3.62. The van der Waals surface area contributed by atoms with Gasteiger partial charge in [0.2, 0.25) is 11.8 Å². The predicted molar refractivity (Wildman–Crippen MR) is 85.1 cm³/mol. The average molecular weight is 362 g/mol. The second-order valence-corrected chi connectivity index (χ2v) is 5.45. The predicted octanol–water partition coefficient (Wildman–Crippen LogP) is 0.843. The monoisotopic (exact) mass is 361 g/mol. The molecule has 0 aliphatic carbocycles. The molecule has 126 valence electrons. The Morgan fingerprint density at radius 2 is 2.08 bits per heavy atom. The number of hydrogen-bond donors (Lipinski definition) is 3. The summed E-state index contributed by atoms with van der Waals surface area (Å²) in [7, 11) is 0. The van der Waals surface area contributed by atoms with Crippen molar-refractivity contribution in [2.45, 2.75) is 5.92 Å². The highest BCUT2D eigenvalue weighted by molar-refractivity contribution is 6.31. The van der Waals surface area contributed by atoms with E-state index in [1.165, 1.54) is 12.1 Å². The van der Waals surface area contributed by atoms with Gasteiger partial charge in [0.05, 0.1) is 21.4 Å². The lowest BCUT2D eigenvalue weighted by atomic mass is 9.85. The molecule has 3 rings (SSSR count). The molecule has 0 amide bonds. The Balaban J connectivity index is 2.32. The molecule has 0 unspecified atom stereocenters. The molecule has 2 heterocycles. The summed E-state index contributed by atoms with van der Waals surface area (Å²) in [4.78, 5) is 38.2. The lowest BCUT2D eigenvalue weighted by Crippen LogP contribution is -2.33. The minimum absolute atomic E-state index is 0.0433.